The lowest BCUT2D eigenvalue weighted by Gasteiger charge is -2.16. The van der Waals surface area contributed by atoms with E-state index in [-0.39, 0.29) is 5.92 Å². The predicted octanol–water partition coefficient (Wildman–Crippen LogP) is 3.10. The highest BCUT2D eigenvalue weighted by Crippen LogP contribution is 2.31. The zero-order chi connectivity index (χ0) is 12.3. The molecule has 5 heteroatoms. The van der Waals surface area contributed by atoms with Crippen molar-refractivity contribution in [2.75, 3.05) is 6.54 Å². The monoisotopic (exact) mass is 317 g/mol. The molecular formula is C12H16BrNO2S. The Labute approximate surface area is 113 Å². The molecule has 1 saturated carbocycles. The van der Waals surface area contributed by atoms with Crippen molar-refractivity contribution in [3.05, 3.63) is 20.8 Å². The third kappa shape index (κ3) is 3.30. The zero-order valence-electron chi connectivity index (χ0n) is 9.49. The molecule has 0 amide bonds. The predicted molar refractivity (Wildman–Crippen MR) is 72.2 cm³/mol. The van der Waals surface area contributed by atoms with Crippen LogP contribution in [0.2, 0.25) is 0 Å². The molecule has 0 aliphatic heterocycles. The van der Waals surface area contributed by atoms with E-state index < -0.39 is 5.97 Å². The summed E-state index contributed by atoms with van der Waals surface area (Å²) in [6.07, 6.45) is 2.92. The molecule has 1 aromatic heterocycles. The van der Waals surface area contributed by atoms with Crippen molar-refractivity contribution < 1.29 is 9.90 Å². The van der Waals surface area contributed by atoms with Gasteiger partial charge in [0.25, 0.3) is 0 Å². The van der Waals surface area contributed by atoms with Gasteiger partial charge in [0.05, 0.1) is 5.92 Å². The van der Waals surface area contributed by atoms with E-state index in [9.17, 15) is 4.79 Å². The van der Waals surface area contributed by atoms with Crippen LogP contribution in [0.25, 0.3) is 0 Å². The largest absolute Gasteiger partial charge is 0.481 e. The Morgan fingerprint density at radius 1 is 1.59 bits per heavy atom. The SMILES string of the molecule is O=C(O)C1CCCC1CNCc1sccc1Br. The van der Waals surface area contributed by atoms with Gasteiger partial charge in [0.2, 0.25) is 0 Å². The van der Waals surface area contributed by atoms with Crippen LogP contribution in [0.5, 0.6) is 0 Å². The minimum atomic E-state index is -0.633. The molecule has 0 saturated heterocycles. The van der Waals surface area contributed by atoms with Crippen LogP contribution in [0.1, 0.15) is 24.1 Å². The molecule has 94 valence electrons. The van der Waals surface area contributed by atoms with Crippen LogP contribution in [0.4, 0.5) is 0 Å². The topological polar surface area (TPSA) is 49.3 Å². The van der Waals surface area contributed by atoms with Gasteiger partial charge >= 0.3 is 5.97 Å². The van der Waals surface area contributed by atoms with Crippen molar-refractivity contribution in [2.45, 2.75) is 25.8 Å². The fraction of sp³-hybridized carbons (Fsp3) is 0.583. The molecule has 1 aliphatic carbocycles. The van der Waals surface area contributed by atoms with Gasteiger partial charge in [0.1, 0.15) is 0 Å². The molecule has 2 rings (SSSR count). The summed E-state index contributed by atoms with van der Waals surface area (Å²) in [5.74, 6) is -0.480. The van der Waals surface area contributed by atoms with Gasteiger partial charge in [0.15, 0.2) is 0 Å². The van der Waals surface area contributed by atoms with E-state index in [1.54, 1.807) is 11.3 Å². The standard InChI is InChI=1S/C12H16BrNO2S/c13-10-4-5-17-11(10)7-14-6-8-2-1-3-9(8)12(15)16/h4-5,8-9,14H,1-3,6-7H2,(H,15,16). The van der Waals surface area contributed by atoms with Crippen LogP contribution in [0.15, 0.2) is 15.9 Å². The summed E-state index contributed by atoms with van der Waals surface area (Å²) in [6.45, 7) is 1.63. The molecule has 3 nitrogen and oxygen atoms in total. The molecule has 2 N–H and O–H groups in total. The number of nitrogens with one attached hydrogen (secondary N) is 1. The molecule has 0 aromatic carbocycles. The van der Waals surface area contributed by atoms with Gasteiger partial charge in [-0.15, -0.1) is 11.3 Å². The van der Waals surface area contributed by atoms with Crippen molar-refractivity contribution in [3.63, 3.8) is 0 Å². The molecule has 0 bridgehead atoms. The first-order valence-corrected chi connectivity index (χ1v) is 7.51. The van der Waals surface area contributed by atoms with Crippen molar-refractivity contribution in [1.29, 1.82) is 0 Å². The van der Waals surface area contributed by atoms with Crippen LogP contribution < -0.4 is 5.32 Å². The number of aliphatic carboxylic acids is 1. The average Bonchev–Trinajstić information content (AvgIpc) is 2.88. The van der Waals surface area contributed by atoms with Crippen LogP contribution >= 0.6 is 27.3 Å². The van der Waals surface area contributed by atoms with Gasteiger partial charge in [-0.25, -0.2) is 0 Å². The second-order valence-corrected chi connectivity index (χ2v) is 6.31. The molecule has 2 atom stereocenters. The Bertz CT molecular complexity index is 394. The van der Waals surface area contributed by atoms with E-state index in [0.717, 1.165) is 36.8 Å². The molecule has 1 aromatic rings. The maximum atomic E-state index is 11.0. The molecule has 1 aliphatic rings. The summed E-state index contributed by atoms with van der Waals surface area (Å²) in [5, 5.41) is 14.5. The van der Waals surface area contributed by atoms with Crippen LogP contribution in [-0.2, 0) is 11.3 Å². The minimum Gasteiger partial charge on any atom is -0.481 e. The zero-order valence-corrected chi connectivity index (χ0v) is 11.9. The van der Waals surface area contributed by atoms with Crippen molar-refractivity contribution in [2.24, 2.45) is 11.8 Å². The molecule has 1 fully saturated rings. The molecular weight excluding hydrogens is 302 g/mol. The third-order valence-corrected chi connectivity index (χ3v) is 5.29. The Hall–Kier alpha value is -0.390. The van der Waals surface area contributed by atoms with Crippen molar-refractivity contribution >= 4 is 33.2 Å². The maximum Gasteiger partial charge on any atom is 0.306 e. The van der Waals surface area contributed by atoms with Gasteiger partial charge in [-0.1, -0.05) is 6.42 Å². The quantitative estimate of drug-likeness (QED) is 0.877. The number of hydrogen-bond acceptors (Lipinski definition) is 3. The number of carboxylic acids is 1. The Balaban J connectivity index is 1.79. The van der Waals surface area contributed by atoms with Crippen LogP contribution in [-0.4, -0.2) is 17.6 Å². The number of carbonyl (C=O) groups is 1. The number of rotatable bonds is 5. The van der Waals surface area contributed by atoms with E-state index in [1.165, 1.54) is 4.88 Å². The summed E-state index contributed by atoms with van der Waals surface area (Å²) in [6, 6.07) is 2.04. The number of hydrogen-bond donors (Lipinski definition) is 2. The van der Waals surface area contributed by atoms with Crippen molar-refractivity contribution in [1.82, 2.24) is 5.32 Å². The maximum absolute atomic E-state index is 11.0. The first kappa shape index (κ1) is 13.1. The number of halogens is 1. The molecule has 0 radical (unpaired) electrons. The Morgan fingerprint density at radius 2 is 2.41 bits per heavy atom. The minimum absolute atomic E-state index is 0.144. The van der Waals surface area contributed by atoms with Crippen LogP contribution in [0.3, 0.4) is 0 Å². The molecule has 1 heterocycles. The lowest BCUT2D eigenvalue weighted by atomic mass is 9.96. The van der Waals surface area contributed by atoms with E-state index in [4.69, 9.17) is 5.11 Å². The van der Waals surface area contributed by atoms with E-state index in [0.29, 0.717) is 5.92 Å². The average molecular weight is 318 g/mol. The van der Waals surface area contributed by atoms with Gasteiger partial charge in [-0.2, -0.15) is 0 Å². The first-order valence-electron chi connectivity index (χ1n) is 5.84. The van der Waals surface area contributed by atoms with Crippen molar-refractivity contribution in [3.8, 4) is 0 Å². The lowest BCUT2D eigenvalue weighted by molar-refractivity contribution is -0.142. The van der Waals surface area contributed by atoms with E-state index >= 15 is 0 Å². The van der Waals surface area contributed by atoms with E-state index in [2.05, 4.69) is 26.6 Å². The highest BCUT2D eigenvalue weighted by Gasteiger charge is 2.32. The second kappa shape index (κ2) is 5.98. The molecule has 0 spiro atoms. The molecule has 17 heavy (non-hydrogen) atoms. The van der Waals surface area contributed by atoms with Gasteiger partial charge in [0, 0.05) is 15.9 Å². The smallest absolute Gasteiger partial charge is 0.306 e. The summed E-state index contributed by atoms with van der Waals surface area (Å²) < 4.78 is 1.14. The fourth-order valence-corrected chi connectivity index (χ4v) is 3.89. The van der Waals surface area contributed by atoms with Gasteiger partial charge in [-0.05, 0) is 52.7 Å². The fourth-order valence-electron chi connectivity index (χ4n) is 2.43. The van der Waals surface area contributed by atoms with Gasteiger partial charge < -0.3 is 10.4 Å². The normalized spacial score (nSPS) is 24.1. The number of thiophene rings is 1. The highest BCUT2D eigenvalue weighted by atomic mass is 79.9. The summed E-state index contributed by atoms with van der Waals surface area (Å²) >= 11 is 5.20. The van der Waals surface area contributed by atoms with Crippen LogP contribution in [0, 0.1) is 11.8 Å². The van der Waals surface area contributed by atoms with Gasteiger partial charge in [-0.3, -0.25) is 4.79 Å². The van der Waals surface area contributed by atoms with E-state index in [1.807, 2.05) is 6.07 Å². The third-order valence-electron chi connectivity index (χ3n) is 3.36. The Kier molecular flexibility index (Phi) is 4.59. The first-order chi connectivity index (χ1) is 8.18. The lowest BCUT2D eigenvalue weighted by Crippen LogP contribution is -2.28. The highest BCUT2D eigenvalue weighted by molar-refractivity contribution is 9.10. The molecule has 2 unspecified atom stereocenters. The summed E-state index contributed by atoms with van der Waals surface area (Å²) in [4.78, 5) is 12.3. The Morgan fingerprint density at radius 3 is 3.06 bits per heavy atom. The summed E-state index contributed by atoms with van der Waals surface area (Å²) in [7, 11) is 0. The summed E-state index contributed by atoms with van der Waals surface area (Å²) in [5.41, 5.74) is 0. The number of carboxylic acid groups (broad SMARTS) is 1. The second-order valence-electron chi connectivity index (χ2n) is 4.46.